The second-order valence-corrected chi connectivity index (χ2v) is 12.8. The second-order valence-electron chi connectivity index (χ2n) is 12.8. The van der Waals surface area contributed by atoms with E-state index in [-0.39, 0.29) is 11.2 Å². The van der Waals surface area contributed by atoms with E-state index in [9.17, 15) is 15.0 Å². The molecule has 232 valence electrons. The lowest BCUT2D eigenvalue weighted by molar-refractivity contribution is -0.125. The molecule has 1 aliphatic carbocycles. The van der Waals surface area contributed by atoms with E-state index in [1.54, 1.807) is 6.92 Å². The summed E-state index contributed by atoms with van der Waals surface area (Å²) < 4.78 is 0. The number of Topliss-reactive ketones (excluding diaryl/α,β-unsaturated/α-hetero) is 1. The molecule has 0 fully saturated rings. The van der Waals surface area contributed by atoms with Crippen LogP contribution in [0.1, 0.15) is 82.1 Å². The molecule has 3 heteroatoms. The molecule has 2 N–H and O–H groups in total. The number of rotatable bonds is 13. The predicted molar refractivity (Wildman–Crippen MR) is 187 cm³/mol. The minimum Gasteiger partial charge on any atom is -0.390 e. The molecule has 43 heavy (non-hydrogen) atoms. The summed E-state index contributed by atoms with van der Waals surface area (Å²) in [6, 6.07) is 0. The van der Waals surface area contributed by atoms with Gasteiger partial charge >= 0.3 is 0 Å². The van der Waals surface area contributed by atoms with Crippen molar-refractivity contribution in [3.05, 3.63) is 142 Å². The molecule has 1 aliphatic rings. The van der Waals surface area contributed by atoms with Crippen molar-refractivity contribution in [3.63, 3.8) is 0 Å². The molecule has 0 bridgehead atoms. The van der Waals surface area contributed by atoms with Crippen LogP contribution in [0.3, 0.4) is 0 Å². The van der Waals surface area contributed by atoms with Crippen molar-refractivity contribution in [3.8, 4) is 0 Å². The van der Waals surface area contributed by atoms with E-state index >= 15 is 0 Å². The smallest absolute Gasteiger partial charge is 0.187 e. The Balaban J connectivity index is 2.65. The normalized spacial score (nSPS) is 20.6. The van der Waals surface area contributed by atoms with Gasteiger partial charge in [-0.3, -0.25) is 4.79 Å². The Kier molecular flexibility index (Phi) is 15.9. The van der Waals surface area contributed by atoms with Gasteiger partial charge in [0.05, 0.1) is 5.60 Å². The van der Waals surface area contributed by atoms with E-state index in [4.69, 9.17) is 0 Å². The van der Waals surface area contributed by atoms with E-state index in [0.717, 1.165) is 33.4 Å². The molecule has 1 atom stereocenters. The van der Waals surface area contributed by atoms with Crippen molar-refractivity contribution in [2.24, 2.45) is 5.41 Å². The van der Waals surface area contributed by atoms with Crippen LogP contribution >= 0.6 is 0 Å². The predicted octanol–water partition coefficient (Wildman–Crippen LogP) is 9.89. The molecule has 0 aromatic carbocycles. The highest BCUT2D eigenvalue weighted by molar-refractivity contribution is 6.00. The molecule has 0 spiro atoms. The van der Waals surface area contributed by atoms with Crippen LogP contribution in [0.15, 0.2) is 142 Å². The number of hydrogen-bond donors (Lipinski definition) is 2. The van der Waals surface area contributed by atoms with E-state index in [2.05, 4.69) is 83.2 Å². The Morgan fingerprint density at radius 3 is 1.58 bits per heavy atom. The number of allylic oxidation sites excluding steroid dienone is 22. The van der Waals surface area contributed by atoms with Gasteiger partial charge in [0.15, 0.2) is 5.78 Å². The molecule has 0 saturated carbocycles. The largest absolute Gasteiger partial charge is 0.390 e. The van der Waals surface area contributed by atoms with Gasteiger partial charge in [0.2, 0.25) is 0 Å². The van der Waals surface area contributed by atoms with Crippen molar-refractivity contribution in [1.29, 1.82) is 0 Å². The summed E-state index contributed by atoms with van der Waals surface area (Å²) in [5.74, 6) is -0.168. The monoisotopic (exact) mass is 582 g/mol. The summed E-state index contributed by atoms with van der Waals surface area (Å²) in [4.78, 5) is 12.2. The van der Waals surface area contributed by atoms with Crippen molar-refractivity contribution >= 4 is 5.78 Å². The van der Waals surface area contributed by atoms with Crippen LogP contribution in [0, 0.1) is 5.41 Å². The van der Waals surface area contributed by atoms with Crippen LogP contribution in [0.4, 0.5) is 0 Å². The maximum atomic E-state index is 12.2. The lowest BCUT2D eigenvalue weighted by Gasteiger charge is -2.34. The van der Waals surface area contributed by atoms with Crippen LogP contribution in [0.2, 0.25) is 0 Å². The molecule has 0 aromatic heterocycles. The van der Waals surface area contributed by atoms with E-state index in [1.807, 2.05) is 82.4 Å². The van der Waals surface area contributed by atoms with Crippen LogP contribution < -0.4 is 0 Å². The first-order valence-electron chi connectivity index (χ1n) is 15.1. The Morgan fingerprint density at radius 1 is 0.744 bits per heavy atom. The number of carbonyl (C=O) groups is 1. The van der Waals surface area contributed by atoms with Gasteiger partial charge in [0.25, 0.3) is 0 Å². The Morgan fingerprint density at radius 2 is 1.14 bits per heavy atom. The van der Waals surface area contributed by atoms with Gasteiger partial charge in [-0.2, -0.15) is 0 Å². The summed E-state index contributed by atoms with van der Waals surface area (Å²) in [5.41, 5.74) is 6.42. The number of aliphatic hydroxyl groups is 2. The zero-order valence-electron chi connectivity index (χ0n) is 28.1. The Hall–Kier alpha value is -3.53. The Labute approximate surface area is 261 Å². The molecule has 0 aliphatic heterocycles. The van der Waals surface area contributed by atoms with Gasteiger partial charge in [0, 0.05) is 0 Å². The van der Waals surface area contributed by atoms with Crippen molar-refractivity contribution in [2.45, 2.75) is 93.8 Å². The zero-order chi connectivity index (χ0) is 32.6. The standard InChI is InChI=1S/C40H54O3/c1-30(19-13-21-32(3)22-14-23-33(4)25-16-28-40(9,10)43)17-11-12-18-31(2)20-15-24-34(5)26-27-36-35(6)38(42)37(41)29-39(36,7)8/h11-27,37,41,43H,28-29H2,1-10H3/b12-11+,19-13+,20-15+,22-14+,25-16?,27-26+,30-17+,31-18+,32-21+,33-23?,34-24+. The SMILES string of the molecule is CC(C=CCC(C)(C)O)=C/C=C/C(C)=C/C=C/C(C)=C/C=C/C=C(C)/C=C/C=C(C)/C=C/C1=C(C)C(=O)C(O)CC1(C)C. The van der Waals surface area contributed by atoms with Gasteiger partial charge in [-0.25, -0.2) is 0 Å². The van der Waals surface area contributed by atoms with Crippen LogP contribution in [0.25, 0.3) is 0 Å². The summed E-state index contributed by atoms with van der Waals surface area (Å²) >= 11 is 0. The molecule has 0 aromatic rings. The average molecular weight is 583 g/mol. The third-order valence-electron chi connectivity index (χ3n) is 7.00. The van der Waals surface area contributed by atoms with Crippen LogP contribution in [0.5, 0.6) is 0 Å². The minimum absolute atomic E-state index is 0.168. The highest BCUT2D eigenvalue weighted by Gasteiger charge is 2.36. The number of aliphatic hydroxyl groups excluding tert-OH is 1. The van der Waals surface area contributed by atoms with Gasteiger partial charge in [-0.05, 0) is 84.8 Å². The number of carbonyl (C=O) groups excluding carboxylic acids is 1. The first kappa shape index (κ1) is 37.5. The lowest BCUT2D eigenvalue weighted by Crippen LogP contribution is -2.35. The molecule has 0 saturated heterocycles. The fourth-order valence-corrected chi connectivity index (χ4v) is 4.42. The quantitative estimate of drug-likeness (QED) is 0.213. The average Bonchev–Trinajstić information content (AvgIpc) is 2.88. The minimum atomic E-state index is -0.899. The first-order chi connectivity index (χ1) is 20.0. The molecular weight excluding hydrogens is 528 g/mol. The molecule has 1 rings (SSSR count). The molecule has 0 amide bonds. The fraction of sp³-hybridized carbons (Fsp3) is 0.375. The van der Waals surface area contributed by atoms with Crippen molar-refractivity contribution in [2.75, 3.05) is 0 Å². The fourth-order valence-electron chi connectivity index (χ4n) is 4.42. The van der Waals surface area contributed by atoms with Gasteiger partial charge in [-0.1, -0.05) is 145 Å². The van der Waals surface area contributed by atoms with Crippen LogP contribution in [-0.4, -0.2) is 27.7 Å². The van der Waals surface area contributed by atoms with E-state index in [0.29, 0.717) is 18.4 Å². The third kappa shape index (κ3) is 16.0. The highest BCUT2D eigenvalue weighted by atomic mass is 16.3. The summed E-state index contributed by atoms with van der Waals surface area (Å²) in [5, 5.41) is 19.8. The maximum absolute atomic E-state index is 12.2. The van der Waals surface area contributed by atoms with Crippen molar-refractivity contribution < 1.29 is 15.0 Å². The third-order valence-corrected chi connectivity index (χ3v) is 7.00. The summed E-state index contributed by atoms with van der Waals surface area (Å²) in [7, 11) is 0. The number of ketones is 1. The number of hydrogen-bond acceptors (Lipinski definition) is 3. The van der Waals surface area contributed by atoms with Crippen LogP contribution in [-0.2, 0) is 4.79 Å². The molecule has 1 unspecified atom stereocenters. The lowest BCUT2D eigenvalue weighted by atomic mass is 9.71. The van der Waals surface area contributed by atoms with Gasteiger partial charge < -0.3 is 10.2 Å². The van der Waals surface area contributed by atoms with E-state index < -0.39 is 11.7 Å². The topological polar surface area (TPSA) is 57.5 Å². The van der Waals surface area contributed by atoms with E-state index in [1.165, 1.54) is 0 Å². The van der Waals surface area contributed by atoms with Gasteiger partial charge in [-0.15, -0.1) is 0 Å². The summed E-state index contributed by atoms with van der Waals surface area (Å²) in [6.07, 6.45) is 35.0. The molecule has 0 heterocycles. The molecular formula is C40H54O3. The van der Waals surface area contributed by atoms with Gasteiger partial charge in [0.1, 0.15) is 6.10 Å². The second kappa shape index (κ2) is 18.2. The highest BCUT2D eigenvalue weighted by Crippen LogP contribution is 2.39. The molecule has 0 radical (unpaired) electrons. The Bertz CT molecular complexity index is 1330. The zero-order valence-corrected chi connectivity index (χ0v) is 28.1. The first-order valence-corrected chi connectivity index (χ1v) is 15.1. The molecule has 3 nitrogen and oxygen atoms in total. The maximum Gasteiger partial charge on any atom is 0.187 e. The summed E-state index contributed by atoms with van der Waals surface area (Å²) in [6.45, 7) is 19.9. The van der Waals surface area contributed by atoms with Crippen molar-refractivity contribution in [1.82, 2.24) is 0 Å².